The zero-order valence-electron chi connectivity index (χ0n) is 13.0. The van der Waals surface area contributed by atoms with Gasteiger partial charge in [0.05, 0.1) is 24.4 Å². The molecule has 0 aromatic heterocycles. The Bertz CT molecular complexity index is 689. The highest BCUT2D eigenvalue weighted by Crippen LogP contribution is 2.25. The average molecular weight is 408 g/mol. The van der Waals surface area contributed by atoms with Crippen molar-refractivity contribution in [1.82, 2.24) is 5.32 Å². The van der Waals surface area contributed by atoms with Crippen LogP contribution in [0.4, 0.5) is 0 Å². The van der Waals surface area contributed by atoms with Crippen molar-refractivity contribution in [3.63, 3.8) is 0 Å². The molecule has 1 amide bonds. The number of esters is 1. The number of hydrogen-bond acceptors (Lipinski definition) is 6. The van der Waals surface area contributed by atoms with Crippen molar-refractivity contribution in [2.24, 2.45) is 0 Å². The van der Waals surface area contributed by atoms with Crippen LogP contribution < -0.4 is 10.1 Å². The summed E-state index contributed by atoms with van der Waals surface area (Å²) < 4.78 is 32.9. The van der Waals surface area contributed by atoms with Gasteiger partial charge < -0.3 is 14.8 Å². The molecule has 1 rings (SSSR count). The number of halogens is 1. The molecule has 0 saturated heterocycles. The second kappa shape index (κ2) is 8.30. The molecule has 7 nitrogen and oxygen atoms in total. The van der Waals surface area contributed by atoms with E-state index in [4.69, 9.17) is 4.74 Å². The van der Waals surface area contributed by atoms with E-state index >= 15 is 0 Å². The van der Waals surface area contributed by atoms with Gasteiger partial charge in [-0.3, -0.25) is 4.79 Å². The van der Waals surface area contributed by atoms with Crippen LogP contribution >= 0.6 is 15.9 Å². The molecular weight excluding hydrogens is 390 g/mol. The number of ether oxygens (including phenoxy) is 2. The maximum Gasteiger partial charge on any atom is 0.328 e. The number of carbonyl (C=O) groups excluding carboxylic acids is 2. The lowest BCUT2D eigenvalue weighted by Crippen LogP contribution is -2.42. The molecule has 1 aromatic rings. The highest BCUT2D eigenvalue weighted by molar-refractivity contribution is 9.10. The van der Waals surface area contributed by atoms with Crippen LogP contribution in [0.5, 0.6) is 5.75 Å². The van der Waals surface area contributed by atoms with Crippen LogP contribution in [0.1, 0.15) is 16.8 Å². The number of methoxy groups -OCH3 is 2. The van der Waals surface area contributed by atoms with Crippen LogP contribution in [0.3, 0.4) is 0 Å². The monoisotopic (exact) mass is 407 g/mol. The predicted molar refractivity (Wildman–Crippen MR) is 88.3 cm³/mol. The van der Waals surface area contributed by atoms with Gasteiger partial charge in [0.15, 0.2) is 0 Å². The van der Waals surface area contributed by atoms with Gasteiger partial charge in [-0.15, -0.1) is 0 Å². The van der Waals surface area contributed by atoms with E-state index in [2.05, 4.69) is 26.0 Å². The Morgan fingerprint density at radius 2 is 1.96 bits per heavy atom. The predicted octanol–water partition coefficient (Wildman–Crippen LogP) is 1.16. The van der Waals surface area contributed by atoms with Crippen molar-refractivity contribution in [2.75, 3.05) is 26.2 Å². The maximum atomic E-state index is 12.2. The van der Waals surface area contributed by atoms with Gasteiger partial charge in [0, 0.05) is 11.8 Å². The summed E-state index contributed by atoms with van der Waals surface area (Å²) >= 11 is 3.27. The van der Waals surface area contributed by atoms with Gasteiger partial charge in [-0.2, -0.15) is 0 Å². The first-order chi connectivity index (χ1) is 10.7. The number of sulfone groups is 1. The number of benzene rings is 1. The van der Waals surface area contributed by atoms with Gasteiger partial charge in [0.25, 0.3) is 5.91 Å². The van der Waals surface area contributed by atoms with E-state index in [1.165, 1.54) is 20.3 Å². The van der Waals surface area contributed by atoms with Crippen molar-refractivity contribution >= 4 is 37.6 Å². The molecular formula is C14H18BrNO6S. The molecule has 0 unspecified atom stereocenters. The van der Waals surface area contributed by atoms with Gasteiger partial charge in [0.1, 0.15) is 21.6 Å². The average Bonchev–Trinajstić information content (AvgIpc) is 2.49. The van der Waals surface area contributed by atoms with Crippen LogP contribution in [0, 0.1) is 0 Å². The third kappa shape index (κ3) is 6.19. The summed E-state index contributed by atoms with van der Waals surface area (Å²) in [5, 5.41) is 2.48. The minimum Gasteiger partial charge on any atom is -0.496 e. The fourth-order valence-corrected chi connectivity index (χ4v) is 2.84. The lowest BCUT2D eigenvalue weighted by Gasteiger charge is -2.16. The normalized spacial score (nSPS) is 12.3. The number of carbonyl (C=O) groups is 2. The van der Waals surface area contributed by atoms with Crippen molar-refractivity contribution in [3.8, 4) is 5.75 Å². The minimum atomic E-state index is -3.26. The Labute approximate surface area is 143 Å². The largest absolute Gasteiger partial charge is 0.496 e. The number of rotatable bonds is 7. The first-order valence-electron chi connectivity index (χ1n) is 6.58. The van der Waals surface area contributed by atoms with Crippen LogP contribution in [-0.4, -0.2) is 52.6 Å². The van der Waals surface area contributed by atoms with E-state index in [9.17, 15) is 18.0 Å². The molecule has 0 heterocycles. The highest BCUT2D eigenvalue weighted by Gasteiger charge is 2.24. The summed E-state index contributed by atoms with van der Waals surface area (Å²) in [6.45, 7) is 0. The summed E-state index contributed by atoms with van der Waals surface area (Å²) in [5.74, 6) is -1.01. The van der Waals surface area contributed by atoms with Gasteiger partial charge >= 0.3 is 5.97 Å². The van der Waals surface area contributed by atoms with Gasteiger partial charge in [-0.1, -0.05) is 0 Å². The Kier molecular flexibility index (Phi) is 7.01. The quantitative estimate of drug-likeness (QED) is 0.680. The maximum absolute atomic E-state index is 12.2. The Morgan fingerprint density at radius 3 is 2.48 bits per heavy atom. The fourth-order valence-electron chi connectivity index (χ4n) is 1.77. The summed E-state index contributed by atoms with van der Waals surface area (Å²) in [7, 11) is -0.628. The van der Waals surface area contributed by atoms with Gasteiger partial charge in [-0.25, -0.2) is 13.2 Å². The zero-order chi connectivity index (χ0) is 17.6. The summed E-state index contributed by atoms with van der Waals surface area (Å²) in [6.07, 6.45) is 0.994. The van der Waals surface area contributed by atoms with Crippen molar-refractivity contribution < 1.29 is 27.5 Å². The van der Waals surface area contributed by atoms with E-state index in [0.717, 1.165) is 6.26 Å². The first-order valence-corrected chi connectivity index (χ1v) is 9.43. The minimum absolute atomic E-state index is 0.0646. The molecule has 23 heavy (non-hydrogen) atoms. The molecule has 128 valence electrons. The molecule has 1 N–H and O–H groups in total. The van der Waals surface area contributed by atoms with Crippen LogP contribution in [-0.2, 0) is 19.4 Å². The van der Waals surface area contributed by atoms with E-state index in [0.29, 0.717) is 10.2 Å². The molecule has 0 bridgehead atoms. The third-order valence-electron chi connectivity index (χ3n) is 2.98. The molecule has 0 fully saturated rings. The van der Waals surface area contributed by atoms with Crippen molar-refractivity contribution in [1.29, 1.82) is 0 Å². The van der Waals surface area contributed by atoms with Crippen LogP contribution in [0.25, 0.3) is 0 Å². The third-order valence-corrected chi connectivity index (χ3v) is 4.61. The summed E-state index contributed by atoms with van der Waals surface area (Å²) in [4.78, 5) is 23.9. The Hall–Kier alpha value is -1.61. The molecule has 0 radical (unpaired) electrons. The molecule has 0 aliphatic rings. The number of hydrogen-bond donors (Lipinski definition) is 1. The highest BCUT2D eigenvalue weighted by atomic mass is 79.9. The summed E-state index contributed by atoms with van der Waals surface area (Å²) in [5.41, 5.74) is 0.276. The lowest BCUT2D eigenvalue weighted by atomic mass is 10.1. The second-order valence-electron chi connectivity index (χ2n) is 4.82. The molecule has 1 aromatic carbocycles. The van der Waals surface area contributed by atoms with E-state index < -0.39 is 27.8 Å². The first kappa shape index (κ1) is 19.4. The van der Waals surface area contributed by atoms with Gasteiger partial charge in [-0.05, 0) is 40.5 Å². The van der Waals surface area contributed by atoms with Crippen LogP contribution in [0.15, 0.2) is 22.7 Å². The molecule has 0 spiro atoms. The van der Waals surface area contributed by atoms with Crippen molar-refractivity contribution in [2.45, 2.75) is 12.5 Å². The standard InChI is InChI=1S/C14H18BrNO6S/c1-21-12-8-9(4-5-10(12)15)13(17)16-11(14(18)22-2)6-7-23(3,19)20/h4-5,8,11H,6-7H2,1-3H3,(H,16,17)/t11-/m0/s1. The van der Waals surface area contributed by atoms with E-state index in [-0.39, 0.29) is 17.7 Å². The van der Waals surface area contributed by atoms with E-state index in [1.807, 2.05) is 0 Å². The number of amides is 1. The SMILES string of the molecule is COC(=O)[C@H](CCS(C)(=O)=O)NC(=O)c1ccc(Br)c(OC)c1. The lowest BCUT2D eigenvalue weighted by molar-refractivity contribution is -0.142. The molecule has 1 atom stereocenters. The second-order valence-corrected chi connectivity index (χ2v) is 7.93. The Balaban J connectivity index is 2.90. The smallest absolute Gasteiger partial charge is 0.328 e. The van der Waals surface area contributed by atoms with E-state index in [1.54, 1.807) is 12.1 Å². The zero-order valence-corrected chi connectivity index (χ0v) is 15.4. The Morgan fingerprint density at radius 1 is 1.30 bits per heavy atom. The fraction of sp³-hybridized carbons (Fsp3) is 0.429. The molecule has 0 aliphatic heterocycles. The van der Waals surface area contributed by atoms with Gasteiger partial charge in [0.2, 0.25) is 0 Å². The molecule has 9 heteroatoms. The number of nitrogens with one attached hydrogen (secondary N) is 1. The topological polar surface area (TPSA) is 98.8 Å². The summed E-state index contributed by atoms with van der Waals surface area (Å²) in [6, 6.07) is 3.64. The molecule has 0 saturated carbocycles. The molecule has 0 aliphatic carbocycles. The van der Waals surface area contributed by atoms with Crippen molar-refractivity contribution in [3.05, 3.63) is 28.2 Å². The van der Waals surface area contributed by atoms with Crippen LogP contribution in [0.2, 0.25) is 0 Å².